The average molecular weight is 242 g/mol. The van der Waals surface area contributed by atoms with Gasteiger partial charge in [0.05, 0.1) is 0 Å². The Bertz CT molecular complexity index is 290. The standard InChI is InChI=1S/C11H22N4O2/c1-8(2)9(6-7-13-15-12)14-10(16)17-11(3,4)5/h8-9H,6-7H2,1-5H3,(H,14,16). The van der Waals surface area contributed by atoms with Gasteiger partial charge >= 0.3 is 6.09 Å². The number of alkyl carbamates (subject to hydrolysis) is 1. The van der Waals surface area contributed by atoms with Gasteiger partial charge in [0.25, 0.3) is 0 Å². The average Bonchev–Trinajstić information content (AvgIpc) is 2.13. The molecule has 0 aliphatic rings. The highest BCUT2D eigenvalue weighted by molar-refractivity contribution is 5.68. The number of carbonyl (C=O) groups excluding carboxylic acids is 1. The fraction of sp³-hybridized carbons (Fsp3) is 0.909. The zero-order valence-electron chi connectivity index (χ0n) is 11.2. The van der Waals surface area contributed by atoms with Gasteiger partial charge in [0, 0.05) is 17.5 Å². The minimum atomic E-state index is -0.504. The van der Waals surface area contributed by atoms with Crippen molar-refractivity contribution in [1.29, 1.82) is 0 Å². The molecule has 6 heteroatoms. The number of amides is 1. The molecule has 0 rings (SSSR count). The smallest absolute Gasteiger partial charge is 0.407 e. The first-order valence-electron chi connectivity index (χ1n) is 5.76. The molecule has 0 spiro atoms. The van der Waals surface area contributed by atoms with Gasteiger partial charge in [-0.3, -0.25) is 0 Å². The third kappa shape index (κ3) is 8.39. The molecule has 0 aromatic carbocycles. The molecule has 1 N–H and O–H groups in total. The van der Waals surface area contributed by atoms with Crippen LogP contribution >= 0.6 is 0 Å². The number of rotatable bonds is 5. The molecule has 0 fully saturated rings. The van der Waals surface area contributed by atoms with Gasteiger partial charge in [0.2, 0.25) is 0 Å². The largest absolute Gasteiger partial charge is 0.444 e. The molecule has 0 saturated heterocycles. The van der Waals surface area contributed by atoms with Crippen molar-refractivity contribution in [2.75, 3.05) is 6.54 Å². The minimum Gasteiger partial charge on any atom is -0.444 e. The van der Waals surface area contributed by atoms with E-state index in [-0.39, 0.29) is 12.0 Å². The van der Waals surface area contributed by atoms with Crippen LogP contribution in [0.3, 0.4) is 0 Å². The first kappa shape index (κ1) is 15.6. The van der Waals surface area contributed by atoms with E-state index in [0.29, 0.717) is 13.0 Å². The zero-order chi connectivity index (χ0) is 13.5. The van der Waals surface area contributed by atoms with Crippen molar-refractivity contribution >= 4 is 6.09 Å². The lowest BCUT2D eigenvalue weighted by Crippen LogP contribution is -2.42. The number of hydrogen-bond donors (Lipinski definition) is 1. The minimum absolute atomic E-state index is 0.0460. The Kier molecular flexibility index (Phi) is 6.43. The van der Waals surface area contributed by atoms with Crippen molar-refractivity contribution in [2.45, 2.75) is 52.7 Å². The van der Waals surface area contributed by atoms with Crippen LogP contribution in [0.4, 0.5) is 4.79 Å². The highest BCUT2D eigenvalue weighted by atomic mass is 16.6. The van der Waals surface area contributed by atoms with E-state index in [1.807, 2.05) is 34.6 Å². The van der Waals surface area contributed by atoms with E-state index in [9.17, 15) is 4.79 Å². The van der Waals surface area contributed by atoms with Crippen LogP contribution in [0.5, 0.6) is 0 Å². The van der Waals surface area contributed by atoms with Gasteiger partial charge in [0.1, 0.15) is 5.60 Å². The molecule has 0 bridgehead atoms. The van der Waals surface area contributed by atoms with E-state index in [1.165, 1.54) is 0 Å². The maximum atomic E-state index is 11.6. The highest BCUT2D eigenvalue weighted by Crippen LogP contribution is 2.10. The summed E-state index contributed by atoms with van der Waals surface area (Å²) >= 11 is 0. The van der Waals surface area contributed by atoms with Gasteiger partial charge < -0.3 is 10.1 Å². The van der Waals surface area contributed by atoms with Crippen LogP contribution in [0.25, 0.3) is 10.4 Å². The molecule has 0 saturated carbocycles. The Hall–Kier alpha value is -1.42. The van der Waals surface area contributed by atoms with Crippen LogP contribution in [0.1, 0.15) is 41.0 Å². The second-order valence-electron chi connectivity index (χ2n) is 5.24. The number of ether oxygens (including phenoxy) is 1. The molecule has 0 aliphatic heterocycles. The van der Waals surface area contributed by atoms with Gasteiger partial charge in [-0.2, -0.15) is 0 Å². The molecule has 6 nitrogen and oxygen atoms in total. The summed E-state index contributed by atoms with van der Waals surface area (Å²) in [4.78, 5) is 14.3. The molecular weight excluding hydrogens is 220 g/mol. The maximum Gasteiger partial charge on any atom is 0.407 e. The van der Waals surface area contributed by atoms with E-state index in [1.54, 1.807) is 0 Å². The maximum absolute atomic E-state index is 11.6. The van der Waals surface area contributed by atoms with Gasteiger partial charge in [-0.1, -0.05) is 19.0 Å². The van der Waals surface area contributed by atoms with E-state index < -0.39 is 11.7 Å². The molecule has 0 heterocycles. The predicted molar refractivity (Wildman–Crippen MR) is 66.6 cm³/mol. The Labute approximate surface area is 102 Å². The lowest BCUT2D eigenvalue weighted by Gasteiger charge is -2.25. The summed E-state index contributed by atoms with van der Waals surface area (Å²) in [5.41, 5.74) is 7.70. The van der Waals surface area contributed by atoms with Crippen LogP contribution in [0.15, 0.2) is 5.11 Å². The predicted octanol–water partition coefficient (Wildman–Crippen LogP) is 3.24. The van der Waals surface area contributed by atoms with Crippen LogP contribution < -0.4 is 5.32 Å². The SMILES string of the molecule is CC(C)C(CCN=[N+]=[N-])NC(=O)OC(C)(C)C. The summed E-state index contributed by atoms with van der Waals surface area (Å²) in [6, 6.07) is -0.0460. The van der Waals surface area contributed by atoms with Gasteiger partial charge in [-0.25, -0.2) is 4.79 Å². The van der Waals surface area contributed by atoms with E-state index in [0.717, 1.165) is 0 Å². The second-order valence-corrected chi connectivity index (χ2v) is 5.24. The van der Waals surface area contributed by atoms with Crippen LogP contribution in [-0.4, -0.2) is 24.3 Å². The summed E-state index contributed by atoms with van der Waals surface area (Å²) in [6.45, 7) is 9.82. The molecular formula is C11H22N4O2. The van der Waals surface area contributed by atoms with Crippen molar-refractivity contribution in [3.05, 3.63) is 10.4 Å². The number of nitrogens with zero attached hydrogens (tertiary/aromatic N) is 3. The van der Waals surface area contributed by atoms with Gasteiger partial charge in [-0.15, -0.1) is 0 Å². The van der Waals surface area contributed by atoms with Crippen LogP contribution in [-0.2, 0) is 4.74 Å². The summed E-state index contributed by atoms with van der Waals surface area (Å²) in [7, 11) is 0. The topological polar surface area (TPSA) is 87.1 Å². The van der Waals surface area contributed by atoms with Gasteiger partial charge in [0.15, 0.2) is 0 Å². The zero-order valence-corrected chi connectivity index (χ0v) is 11.2. The van der Waals surface area contributed by atoms with Crippen molar-refractivity contribution in [2.24, 2.45) is 11.0 Å². The summed E-state index contributed by atoms with van der Waals surface area (Å²) < 4.78 is 5.17. The molecule has 1 unspecified atom stereocenters. The lowest BCUT2D eigenvalue weighted by atomic mass is 10.0. The number of azide groups is 1. The first-order valence-corrected chi connectivity index (χ1v) is 5.76. The van der Waals surface area contributed by atoms with E-state index >= 15 is 0 Å². The number of hydrogen-bond acceptors (Lipinski definition) is 3. The first-order chi connectivity index (χ1) is 7.76. The molecule has 0 aliphatic carbocycles. The third-order valence-electron chi connectivity index (χ3n) is 2.11. The molecule has 0 aromatic heterocycles. The molecule has 0 radical (unpaired) electrons. The Morgan fingerprint density at radius 2 is 2.06 bits per heavy atom. The van der Waals surface area contributed by atoms with E-state index in [4.69, 9.17) is 10.3 Å². The van der Waals surface area contributed by atoms with Crippen LogP contribution in [0.2, 0.25) is 0 Å². The second kappa shape index (κ2) is 7.01. The Morgan fingerprint density at radius 3 is 2.47 bits per heavy atom. The number of nitrogens with one attached hydrogen (secondary N) is 1. The molecule has 98 valence electrons. The summed E-state index contributed by atoms with van der Waals surface area (Å²) in [6.07, 6.45) is 0.179. The molecule has 1 atom stereocenters. The molecule has 1 amide bonds. The van der Waals surface area contributed by atoms with Crippen LogP contribution in [0, 0.1) is 5.92 Å². The third-order valence-corrected chi connectivity index (χ3v) is 2.11. The van der Waals surface area contributed by atoms with Crippen molar-refractivity contribution in [1.82, 2.24) is 5.32 Å². The normalized spacial score (nSPS) is 12.8. The number of carbonyl (C=O) groups is 1. The lowest BCUT2D eigenvalue weighted by molar-refractivity contribution is 0.0488. The molecule has 17 heavy (non-hydrogen) atoms. The molecule has 0 aromatic rings. The van der Waals surface area contributed by atoms with Crippen molar-refractivity contribution in [3.8, 4) is 0 Å². The summed E-state index contributed by atoms with van der Waals surface area (Å²) in [5, 5.41) is 6.25. The fourth-order valence-corrected chi connectivity index (χ4v) is 1.27. The Balaban J connectivity index is 4.25. The van der Waals surface area contributed by atoms with Crippen molar-refractivity contribution in [3.63, 3.8) is 0 Å². The highest BCUT2D eigenvalue weighted by Gasteiger charge is 2.20. The van der Waals surface area contributed by atoms with Crippen molar-refractivity contribution < 1.29 is 9.53 Å². The fourth-order valence-electron chi connectivity index (χ4n) is 1.27. The quantitative estimate of drug-likeness (QED) is 0.455. The monoisotopic (exact) mass is 242 g/mol. The Morgan fingerprint density at radius 1 is 1.47 bits per heavy atom. The van der Waals surface area contributed by atoms with Gasteiger partial charge in [-0.05, 0) is 38.6 Å². The summed E-state index contributed by atoms with van der Waals surface area (Å²) in [5.74, 6) is 0.261. The van der Waals surface area contributed by atoms with E-state index in [2.05, 4.69) is 15.3 Å².